The lowest BCUT2D eigenvalue weighted by molar-refractivity contribution is -0.168. The number of amides is 1. The van der Waals surface area contributed by atoms with Crippen LogP contribution in [-0.4, -0.2) is 47.6 Å². The van der Waals surface area contributed by atoms with Gasteiger partial charge in [0.1, 0.15) is 13.2 Å². The van der Waals surface area contributed by atoms with E-state index in [4.69, 9.17) is 0 Å². The van der Waals surface area contributed by atoms with Crippen LogP contribution in [0.25, 0.3) is 0 Å². The van der Waals surface area contributed by atoms with Gasteiger partial charge in [-0.2, -0.15) is 13.8 Å². The largest absolute Gasteiger partial charge is 0.365 e. The first-order valence-corrected chi connectivity index (χ1v) is 6.69. The number of carbonyl (C=O) groups is 1. The van der Waals surface area contributed by atoms with Gasteiger partial charge in [0.05, 0.1) is 0 Å². The monoisotopic (exact) mass is 339 g/mol. The summed E-state index contributed by atoms with van der Waals surface area (Å²) in [5, 5.41) is 2.33. The molecule has 0 atom stereocenters. The Bertz CT molecular complexity index is 605. The van der Waals surface area contributed by atoms with E-state index in [1.54, 1.807) is 19.9 Å². The molecule has 0 unspecified atom stereocenters. The number of hydrogen-bond donors (Lipinski definition) is 1. The molecule has 1 N–H and O–H groups in total. The van der Waals surface area contributed by atoms with Crippen LogP contribution < -0.4 is 11.0 Å². The second-order valence-electron chi connectivity index (χ2n) is 4.88. The molecule has 1 heterocycles. The number of ether oxygens (including phenoxy) is 1. The zero-order valence-electron chi connectivity index (χ0n) is 12.6. The van der Waals surface area contributed by atoms with E-state index in [1.807, 2.05) is 0 Å². The summed E-state index contributed by atoms with van der Waals surface area (Å²) in [5.74, 6) is -5.04. The van der Waals surface area contributed by atoms with Crippen molar-refractivity contribution in [2.24, 2.45) is 0 Å². The lowest BCUT2D eigenvalue weighted by Crippen LogP contribution is -2.37. The molecule has 1 aromatic rings. The van der Waals surface area contributed by atoms with Gasteiger partial charge in [0.25, 0.3) is 0 Å². The Morgan fingerprint density at radius 1 is 1.43 bits per heavy atom. The van der Waals surface area contributed by atoms with E-state index in [0.717, 1.165) is 0 Å². The molecule has 1 aromatic heterocycles. The van der Waals surface area contributed by atoms with E-state index >= 15 is 0 Å². The fourth-order valence-electron chi connectivity index (χ4n) is 1.75. The van der Waals surface area contributed by atoms with Gasteiger partial charge in [-0.25, -0.2) is 13.6 Å². The van der Waals surface area contributed by atoms with Crippen LogP contribution in [0.1, 0.15) is 11.4 Å². The van der Waals surface area contributed by atoms with Crippen molar-refractivity contribution in [1.29, 1.82) is 0 Å². The summed E-state index contributed by atoms with van der Waals surface area (Å²) in [6, 6.07) is 1.69. The average molecular weight is 339 g/mol. The number of nitrogens with one attached hydrogen (secondary N) is 1. The Morgan fingerprint density at radius 2 is 2.09 bits per heavy atom. The minimum Gasteiger partial charge on any atom is -0.365 e. The molecule has 6 nitrogen and oxygen atoms in total. The maximum Gasteiger partial charge on any atom is 0.348 e. The van der Waals surface area contributed by atoms with E-state index in [-0.39, 0.29) is 13.1 Å². The number of alkyl halides is 4. The average Bonchev–Trinajstić information content (AvgIpc) is 2.41. The molecule has 0 spiro atoms. The zero-order chi connectivity index (χ0) is 17.6. The summed E-state index contributed by atoms with van der Waals surface area (Å²) in [7, 11) is 0. The van der Waals surface area contributed by atoms with Gasteiger partial charge in [0.15, 0.2) is 0 Å². The summed E-state index contributed by atoms with van der Waals surface area (Å²) < 4.78 is 54.4. The number of nitrogens with zero attached hydrogens (tertiary/aromatic N) is 2. The highest BCUT2D eigenvalue weighted by molar-refractivity contribution is 5.77. The number of hydrogen-bond acceptors (Lipinski definition) is 4. The third-order valence-electron chi connectivity index (χ3n) is 2.85. The molecule has 0 bridgehead atoms. The van der Waals surface area contributed by atoms with Crippen LogP contribution in [0.15, 0.2) is 10.9 Å². The van der Waals surface area contributed by atoms with Crippen molar-refractivity contribution in [2.45, 2.75) is 32.7 Å². The second-order valence-corrected chi connectivity index (χ2v) is 4.88. The Kier molecular flexibility index (Phi) is 6.67. The maximum atomic E-state index is 12.5. The first-order chi connectivity index (χ1) is 10.6. The van der Waals surface area contributed by atoms with Crippen molar-refractivity contribution in [2.75, 3.05) is 19.8 Å². The van der Waals surface area contributed by atoms with Gasteiger partial charge < -0.3 is 10.1 Å². The fourth-order valence-corrected chi connectivity index (χ4v) is 1.75. The topological polar surface area (TPSA) is 73.2 Å². The van der Waals surface area contributed by atoms with E-state index in [1.165, 1.54) is 4.57 Å². The number of carbonyl (C=O) groups excluding carboxylic acids is 1. The SMILES string of the molecule is Cc1cc(C)n(CCNC(=O)COCC(F)(F)C(F)F)c(=O)n1. The smallest absolute Gasteiger partial charge is 0.348 e. The second kappa shape index (κ2) is 8.04. The molecular formula is C13H17F4N3O3. The van der Waals surface area contributed by atoms with Crippen LogP contribution in [0.5, 0.6) is 0 Å². The molecule has 0 aliphatic rings. The summed E-state index contributed by atoms with van der Waals surface area (Å²) >= 11 is 0. The molecule has 0 aromatic carbocycles. The van der Waals surface area contributed by atoms with Gasteiger partial charge in [0.2, 0.25) is 5.91 Å². The first kappa shape index (κ1) is 19.1. The third kappa shape index (κ3) is 5.97. The molecule has 0 saturated heterocycles. The molecule has 0 aliphatic heterocycles. The molecule has 0 radical (unpaired) electrons. The highest BCUT2D eigenvalue weighted by atomic mass is 19.3. The summed E-state index contributed by atoms with van der Waals surface area (Å²) in [6.45, 7) is 1.23. The van der Waals surface area contributed by atoms with Crippen LogP contribution in [0.4, 0.5) is 17.6 Å². The van der Waals surface area contributed by atoms with Crippen molar-refractivity contribution < 1.29 is 27.1 Å². The van der Waals surface area contributed by atoms with E-state index < -0.39 is 37.2 Å². The number of aromatic nitrogens is 2. The highest BCUT2D eigenvalue weighted by Crippen LogP contribution is 2.22. The Morgan fingerprint density at radius 3 is 2.65 bits per heavy atom. The van der Waals surface area contributed by atoms with E-state index in [9.17, 15) is 27.2 Å². The van der Waals surface area contributed by atoms with E-state index in [2.05, 4.69) is 15.0 Å². The number of rotatable bonds is 8. The van der Waals surface area contributed by atoms with Crippen molar-refractivity contribution in [3.8, 4) is 0 Å². The maximum absolute atomic E-state index is 12.5. The van der Waals surface area contributed by atoms with Crippen molar-refractivity contribution in [1.82, 2.24) is 14.9 Å². The summed E-state index contributed by atoms with van der Waals surface area (Å²) in [4.78, 5) is 26.7. The minimum absolute atomic E-state index is 0.0406. The van der Waals surface area contributed by atoms with Crippen molar-refractivity contribution >= 4 is 5.91 Å². The van der Waals surface area contributed by atoms with Crippen LogP contribution >= 0.6 is 0 Å². The quantitative estimate of drug-likeness (QED) is 0.714. The standard InChI is InChI=1S/C13H17F4N3O3/c1-8-5-9(2)20(12(22)19-8)4-3-18-10(21)6-23-7-13(16,17)11(14)15/h5,11H,3-4,6-7H2,1-2H3,(H,18,21). The molecule has 23 heavy (non-hydrogen) atoms. The molecule has 130 valence electrons. The van der Waals surface area contributed by atoms with E-state index in [0.29, 0.717) is 11.4 Å². The Hall–Kier alpha value is -1.97. The fraction of sp³-hybridized carbons (Fsp3) is 0.615. The molecule has 0 aliphatic carbocycles. The molecule has 10 heteroatoms. The molecule has 1 amide bonds. The minimum atomic E-state index is -4.29. The first-order valence-electron chi connectivity index (χ1n) is 6.69. The Balaban J connectivity index is 2.37. The third-order valence-corrected chi connectivity index (χ3v) is 2.85. The predicted molar refractivity (Wildman–Crippen MR) is 72.8 cm³/mol. The van der Waals surface area contributed by atoms with Crippen LogP contribution in [0.2, 0.25) is 0 Å². The van der Waals surface area contributed by atoms with Gasteiger partial charge in [-0.05, 0) is 19.9 Å². The van der Waals surface area contributed by atoms with Gasteiger partial charge in [0, 0.05) is 24.5 Å². The lowest BCUT2D eigenvalue weighted by atomic mass is 10.3. The predicted octanol–water partition coefficient (Wildman–Crippen LogP) is 0.893. The number of aryl methyl sites for hydroxylation is 2. The van der Waals surface area contributed by atoms with Gasteiger partial charge >= 0.3 is 18.0 Å². The highest BCUT2D eigenvalue weighted by Gasteiger charge is 2.41. The summed E-state index contributed by atoms with van der Waals surface area (Å²) in [6.07, 6.45) is -3.85. The van der Waals surface area contributed by atoms with Gasteiger partial charge in [-0.1, -0.05) is 0 Å². The van der Waals surface area contributed by atoms with Gasteiger partial charge in [-0.3, -0.25) is 9.36 Å². The Labute approximate surface area is 129 Å². The molecule has 0 fully saturated rings. The molecular weight excluding hydrogens is 322 g/mol. The van der Waals surface area contributed by atoms with Gasteiger partial charge in [-0.15, -0.1) is 0 Å². The van der Waals surface area contributed by atoms with Crippen LogP contribution in [-0.2, 0) is 16.1 Å². The molecule has 0 saturated carbocycles. The number of halogens is 4. The van der Waals surface area contributed by atoms with Crippen LogP contribution in [0, 0.1) is 13.8 Å². The lowest BCUT2D eigenvalue weighted by Gasteiger charge is -2.15. The summed E-state index contributed by atoms with van der Waals surface area (Å²) in [5.41, 5.74) is 0.760. The van der Waals surface area contributed by atoms with Crippen molar-refractivity contribution in [3.63, 3.8) is 0 Å². The normalized spacial score (nSPS) is 11.8. The zero-order valence-corrected chi connectivity index (χ0v) is 12.6. The van der Waals surface area contributed by atoms with Crippen LogP contribution in [0.3, 0.4) is 0 Å². The van der Waals surface area contributed by atoms with Crippen molar-refractivity contribution in [3.05, 3.63) is 27.9 Å². The molecule has 1 rings (SSSR count).